The summed E-state index contributed by atoms with van der Waals surface area (Å²) in [5.74, 6) is 6.89. The lowest BCUT2D eigenvalue weighted by atomic mass is 9.94. The molecule has 0 aliphatic carbocycles. The third-order valence-corrected chi connectivity index (χ3v) is 5.13. The van der Waals surface area contributed by atoms with E-state index >= 15 is 0 Å². The maximum absolute atomic E-state index is 12.5. The Kier molecular flexibility index (Phi) is 5.55. The average molecular weight is 418 g/mol. The number of benzene rings is 1. The Bertz CT molecular complexity index is 1150. The van der Waals surface area contributed by atoms with Gasteiger partial charge in [-0.3, -0.25) is 0 Å². The summed E-state index contributed by atoms with van der Waals surface area (Å²) in [5.41, 5.74) is 8.87. The van der Waals surface area contributed by atoms with E-state index in [2.05, 4.69) is 16.9 Å². The zero-order valence-electron chi connectivity index (χ0n) is 18.1. The van der Waals surface area contributed by atoms with E-state index in [4.69, 9.17) is 15.5 Å². The maximum Gasteiger partial charge on any atom is 0.410 e. The van der Waals surface area contributed by atoms with Crippen LogP contribution in [0.3, 0.4) is 0 Å². The summed E-state index contributed by atoms with van der Waals surface area (Å²) in [5, 5.41) is 4.34. The van der Waals surface area contributed by atoms with E-state index in [1.807, 2.05) is 57.2 Å². The van der Waals surface area contributed by atoms with Crippen LogP contribution < -0.4 is 5.73 Å². The minimum Gasteiger partial charge on any atom is -0.444 e. The molecule has 7 heteroatoms. The number of nitrogen functional groups attached to an aromatic ring is 1. The van der Waals surface area contributed by atoms with Crippen molar-refractivity contribution in [2.45, 2.75) is 45.1 Å². The van der Waals surface area contributed by atoms with Gasteiger partial charge in [-0.05, 0) is 45.7 Å². The number of carbonyl (C=O) groups excluding carboxylic acids is 1. The first-order valence-corrected chi connectivity index (χ1v) is 10.5. The lowest BCUT2D eigenvalue weighted by Gasteiger charge is -2.34. The number of anilines is 1. The molecule has 1 amide bonds. The smallest absolute Gasteiger partial charge is 0.410 e. The van der Waals surface area contributed by atoms with Crippen LogP contribution in [0.1, 0.15) is 56.4 Å². The molecule has 1 atom stereocenters. The number of carbonyl (C=O) groups is 1. The van der Waals surface area contributed by atoms with Crippen LogP contribution in [0, 0.1) is 11.8 Å². The highest BCUT2D eigenvalue weighted by Gasteiger charge is 2.29. The van der Waals surface area contributed by atoms with Crippen molar-refractivity contribution in [2.24, 2.45) is 0 Å². The minimum atomic E-state index is -0.518. The predicted octanol–water partition coefficient (Wildman–Crippen LogP) is 3.83. The number of ether oxygens (including phenoxy) is 1. The van der Waals surface area contributed by atoms with Gasteiger partial charge in [0, 0.05) is 30.6 Å². The minimum absolute atomic E-state index is 0.0819. The van der Waals surface area contributed by atoms with E-state index in [9.17, 15) is 4.79 Å². The molecule has 1 aliphatic heterocycles. The van der Waals surface area contributed by atoms with Crippen LogP contribution in [0.5, 0.6) is 0 Å². The summed E-state index contributed by atoms with van der Waals surface area (Å²) in [6.45, 7) is 6.86. The van der Waals surface area contributed by atoms with Crippen molar-refractivity contribution in [3.05, 3.63) is 59.4 Å². The van der Waals surface area contributed by atoms with Gasteiger partial charge in [0.05, 0.1) is 17.5 Å². The highest BCUT2D eigenvalue weighted by molar-refractivity contribution is 5.68. The predicted molar refractivity (Wildman–Crippen MR) is 120 cm³/mol. The fourth-order valence-corrected chi connectivity index (χ4v) is 3.67. The van der Waals surface area contributed by atoms with Crippen LogP contribution in [0.25, 0.3) is 5.65 Å². The number of hydrogen-bond donors (Lipinski definition) is 1. The van der Waals surface area contributed by atoms with Gasteiger partial charge in [0.15, 0.2) is 5.65 Å². The molecule has 0 spiro atoms. The van der Waals surface area contributed by atoms with E-state index < -0.39 is 5.60 Å². The average Bonchev–Trinajstić information content (AvgIpc) is 3.15. The second-order valence-electron chi connectivity index (χ2n) is 8.78. The van der Waals surface area contributed by atoms with E-state index in [1.54, 1.807) is 15.6 Å². The normalized spacial score (nSPS) is 16.6. The van der Waals surface area contributed by atoms with Gasteiger partial charge in [0.2, 0.25) is 0 Å². The van der Waals surface area contributed by atoms with E-state index in [1.165, 1.54) is 0 Å². The van der Waals surface area contributed by atoms with Crippen molar-refractivity contribution in [3.63, 3.8) is 0 Å². The number of fused-ring (bicyclic) bond motifs is 1. The van der Waals surface area contributed by atoms with Gasteiger partial charge >= 0.3 is 6.09 Å². The Hall–Kier alpha value is -3.53. The summed E-state index contributed by atoms with van der Waals surface area (Å²) in [6.07, 6.45) is 3.22. The fourth-order valence-electron chi connectivity index (χ4n) is 3.67. The Morgan fingerprint density at radius 1 is 1.23 bits per heavy atom. The van der Waals surface area contributed by atoms with Gasteiger partial charge in [-0.15, -0.1) is 0 Å². The Labute approximate surface area is 182 Å². The molecule has 1 saturated heterocycles. The van der Waals surface area contributed by atoms with Gasteiger partial charge in [-0.25, -0.2) is 9.78 Å². The zero-order chi connectivity index (χ0) is 22.0. The molecule has 0 saturated carbocycles. The molecule has 1 aliphatic rings. The molecule has 7 nitrogen and oxygen atoms in total. The maximum atomic E-state index is 12.5. The molecule has 2 N–H and O–H groups in total. The third-order valence-electron chi connectivity index (χ3n) is 5.13. The van der Waals surface area contributed by atoms with Gasteiger partial charge in [0.1, 0.15) is 11.4 Å². The van der Waals surface area contributed by atoms with Crippen LogP contribution in [0.2, 0.25) is 0 Å². The summed E-state index contributed by atoms with van der Waals surface area (Å²) >= 11 is 0. The highest BCUT2D eigenvalue weighted by Crippen LogP contribution is 2.28. The quantitative estimate of drug-likeness (QED) is 0.608. The zero-order valence-corrected chi connectivity index (χ0v) is 18.1. The standard InChI is InChI=1S/C24H27N5O2/c1-24(2,3)31-23(30)28-13-7-10-19(16-28)20-14-21(25)29-22(27-20)18(15-26-29)12-11-17-8-5-4-6-9-17/h4-6,8-9,14-15,19H,7,10,13,16,25H2,1-3H3. The number of nitrogens with zero attached hydrogens (tertiary/aromatic N) is 4. The molecule has 4 rings (SSSR count). The number of hydrogen-bond acceptors (Lipinski definition) is 5. The lowest BCUT2D eigenvalue weighted by Crippen LogP contribution is -2.42. The van der Waals surface area contributed by atoms with Crippen molar-refractivity contribution < 1.29 is 9.53 Å². The topological polar surface area (TPSA) is 85.8 Å². The van der Waals surface area contributed by atoms with Crippen molar-refractivity contribution >= 4 is 17.6 Å². The third kappa shape index (κ3) is 4.80. The molecule has 1 fully saturated rings. The lowest BCUT2D eigenvalue weighted by molar-refractivity contribution is 0.0197. The van der Waals surface area contributed by atoms with Gasteiger partial charge in [-0.1, -0.05) is 30.0 Å². The molecular weight excluding hydrogens is 390 g/mol. The highest BCUT2D eigenvalue weighted by atomic mass is 16.6. The monoisotopic (exact) mass is 417 g/mol. The van der Waals surface area contributed by atoms with E-state index in [0.717, 1.165) is 29.7 Å². The molecule has 0 radical (unpaired) electrons. The summed E-state index contributed by atoms with van der Waals surface area (Å²) in [4.78, 5) is 19.1. The Morgan fingerprint density at radius 2 is 2.00 bits per heavy atom. The number of aromatic nitrogens is 3. The van der Waals surface area contributed by atoms with Gasteiger partial charge < -0.3 is 15.4 Å². The molecular formula is C24H27N5O2. The number of amides is 1. The summed E-state index contributed by atoms with van der Waals surface area (Å²) in [7, 11) is 0. The number of piperidine rings is 1. The van der Waals surface area contributed by atoms with E-state index in [-0.39, 0.29) is 12.0 Å². The van der Waals surface area contributed by atoms with Crippen LogP contribution >= 0.6 is 0 Å². The van der Waals surface area contributed by atoms with E-state index in [0.29, 0.717) is 24.6 Å². The second-order valence-corrected chi connectivity index (χ2v) is 8.78. The molecule has 0 bridgehead atoms. The number of nitrogens with two attached hydrogens (primary N) is 1. The van der Waals surface area contributed by atoms with Crippen LogP contribution in [0.4, 0.5) is 10.6 Å². The Balaban J connectivity index is 1.61. The number of rotatable bonds is 1. The molecule has 160 valence electrons. The molecule has 1 aromatic carbocycles. The Morgan fingerprint density at radius 3 is 2.74 bits per heavy atom. The molecule has 2 aromatic heterocycles. The van der Waals surface area contributed by atoms with Crippen molar-refractivity contribution in [3.8, 4) is 11.8 Å². The van der Waals surface area contributed by atoms with Crippen molar-refractivity contribution in [2.75, 3.05) is 18.8 Å². The molecule has 3 heterocycles. The van der Waals surface area contributed by atoms with Crippen LogP contribution in [0.15, 0.2) is 42.6 Å². The SMILES string of the molecule is CC(C)(C)OC(=O)N1CCCC(c2cc(N)n3ncc(C#Cc4ccccc4)c3n2)C1. The van der Waals surface area contributed by atoms with Crippen molar-refractivity contribution in [1.29, 1.82) is 0 Å². The summed E-state index contributed by atoms with van der Waals surface area (Å²) < 4.78 is 7.15. The second kappa shape index (κ2) is 8.31. The molecule has 1 unspecified atom stereocenters. The van der Waals surface area contributed by atoms with Crippen LogP contribution in [-0.4, -0.2) is 44.3 Å². The van der Waals surface area contributed by atoms with Crippen molar-refractivity contribution in [1.82, 2.24) is 19.5 Å². The summed E-state index contributed by atoms with van der Waals surface area (Å²) in [6, 6.07) is 11.6. The first-order valence-electron chi connectivity index (χ1n) is 10.5. The fraction of sp³-hybridized carbons (Fsp3) is 0.375. The first-order chi connectivity index (χ1) is 14.8. The molecule has 31 heavy (non-hydrogen) atoms. The van der Waals surface area contributed by atoms with Gasteiger partial charge in [0.25, 0.3) is 0 Å². The van der Waals surface area contributed by atoms with Crippen LogP contribution in [-0.2, 0) is 4.74 Å². The first kappa shape index (κ1) is 20.7. The van der Waals surface area contributed by atoms with Gasteiger partial charge in [-0.2, -0.15) is 9.61 Å². The number of likely N-dealkylation sites (tertiary alicyclic amines) is 1. The molecule has 3 aromatic rings. The largest absolute Gasteiger partial charge is 0.444 e.